The van der Waals surface area contributed by atoms with E-state index in [0.717, 1.165) is 22.9 Å². The molecule has 0 bridgehead atoms. The van der Waals surface area contributed by atoms with Crippen LogP contribution in [0.3, 0.4) is 0 Å². The van der Waals surface area contributed by atoms with Gasteiger partial charge < -0.3 is 15.5 Å². The Balaban J connectivity index is 2.24. The second-order valence-corrected chi connectivity index (χ2v) is 10.0. The summed E-state index contributed by atoms with van der Waals surface area (Å²) in [5, 5.41) is 24.0. The second kappa shape index (κ2) is 9.58. The summed E-state index contributed by atoms with van der Waals surface area (Å²) in [6.07, 6.45) is 0. The Bertz CT molecular complexity index is 1430. The summed E-state index contributed by atoms with van der Waals surface area (Å²) in [5.74, 6) is -3.40. The summed E-state index contributed by atoms with van der Waals surface area (Å²) < 4.78 is 27.4. The summed E-state index contributed by atoms with van der Waals surface area (Å²) in [6, 6.07) is 5.78. The lowest BCUT2D eigenvalue weighted by atomic mass is 10.1. The predicted octanol–water partition coefficient (Wildman–Crippen LogP) is 4.03. The lowest BCUT2D eigenvalue weighted by Gasteiger charge is -2.10. The van der Waals surface area contributed by atoms with Crippen molar-refractivity contribution in [1.82, 2.24) is 9.78 Å². The van der Waals surface area contributed by atoms with Crippen molar-refractivity contribution in [3.05, 3.63) is 66.9 Å². The van der Waals surface area contributed by atoms with Crippen LogP contribution in [0.2, 0.25) is 15.1 Å². The number of sulfonamides is 1. The van der Waals surface area contributed by atoms with Crippen LogP contribution in [0.5, 0.6) is 0 Å². The fraction of sp³-hybridized carbons (Fsp3) is 0.105. The van der Waals surface area contributed by atoms with Crippen molar-refractivity contribution in [2.24, 2.45) is 0 Å². The minimum Gasteiger partial charge on any atom is -0.478 e. The average molecular weight is 550 g/mol. The molecule has 0 spiro atoms. The summed E-state index contributed by atoms with van der Waals surface area (Å²) in [5.41, 5.74) is -2.18. The summed E-state index contributed by atoms with van der Waals surface area (Å²) >= 11 is 18.3. The molecule has 0 atom stereocenters. The first-order chi connectivity index (χ1) is 15.8. The van der Waals surface area contributed by atoms with E-state index in [9.17, 15) is 33.0 Å². The predicted molar refractivity (Wildman–Crippen MR) is 128 cm³/mol. The number of hydrogen-bond donors (Lipinski definition) is 5. The number of hydrogen-bond acceptors (Lipinski definition) is 6. The summed E-state index contributed by atoms with van der Waals surface area (Å²) in [7, 11) is -3.95. The van der Waals surface area contributed by atoms with Crippen LogP contribution in [0.15, 0.2) is 35.1 Å². The molecule has 15 heteroatoms. The number of carboxylic acids is 2. The third-order valence-corrected chi connectivity index (χ3v) is 6.50. The van der Waals surface area contributed by atoms with Gasteiger partial charge in [-0.3, -0.25) is 14.6 Å². The molecule has 3 aromatic rings. The van der Waals surface area contributed by atoms with E-state index in [-0.39, 0.29) is 49.1 Å². The molecule has 34 heavy (non-hydrogen) atoms. The van der Waals surface area contributed by atoms with E-state index in [1.165, 1.54) is 19.1 Å². The van der Waals surface area contributed by atoms with Crippen LogP contribution in [-0.2, 0) is 10.0 Å². The number of aromatic amines is 1. The number of halogens is 3. The van der Waals surface area contributed by atoms with Crippen LogP contribution < -0.4 is 15.6 Å². The number of aromatic nitrogens is 2. The Morgan fingerprint density at radius 1 is 1.00 bits per heavy atom. The molecule has 0 saturated heterocycles. The van der Waals surface area contributed by atoms with Crippen molar-refractivity contribution in [2.75, 3.05) is 15.8 Å². The van der Waals surface area contributed by atoms with Crippen molar-refractivity contribution in [1.29, 1.82) is 0 Å². The van der Waals surface area contributed by atoms with Crippen molar-refractivity contribution >= 4 is 74.0 Å². The Morgan fingerprint density at radius 3 is 2.00 bits per heavy atom. The first-order valence-corrected chi connectivity index (χ1v) is 12.0. The van der Waals surface area contributed by atoms with Crippen molar-refractivity contribution in [3.63, 3.8) is 0 Å². The molecule has 5 N–H and O–H groups in total. The third-order valence-electron chi connectivity index (χ3n) is 4.43. The maximum Gasteiger partial charge on any atom is 0.335 e. The van der Waals surface area contributed by atoms with E-state index >= 15 is 0 Å². The normalized spacial score (nSPS) is 11.3. The largest absolute Gasteiger partial charge is 0.478 e. The molecule has 180 valence electrons. The standard InChI is InChI=1S/C19H15Cl3N4O7S/c1-2-34(32,33)25-14-16(23-11-4-8(18(28)29)3-9(5-11)19(30)31)24-26(17(14)27)15-12(21)6-10(20)7-13(15)22/h3-7,23-25H,2H2,1H3,(H,28,29)(H,30,31). The highest BCUT2D eigenvalue weighted by Crippen LogP contribution is 2.33. The monoisotopic (exact) mass is 548 g/mol. The number of aromatic carboxylic acids is 2. The van der Waals surface area contributed by atoms with Gasteiger partial charge in [-0.25, -0.2) is 22.7 Å². The highest BCUT2D eigenvalue weighted by molar-refractivity contribution is 7.92. The molecule has 0 fully saturated rings. The molecule has 0 aliphatic carbocycles. The van der Waals surface area contributed by atoms with Gasteiger partial charge in [-0.15, -0.1) is 0 Å². The van der Waals surface area contributed by atoms with Gasteiger partial charge in [0, 0.05) is 10.7 Å². The van der Waals surface area contributed by atoms with Gasteiger partial charge in [-0.1, -0.05) is 34.8 Å². The topological polar surface area (TPSA) is 171 Å². The van der Waals surface area contributed by atoms with E-state index in [0.29, 0.717) is 0 Å². The van der Waals surface area contributed by atoms with Gasteiger partial charge >= 0.3 is 11.9 Å². The minimum absolute atomic E-state index is 0.0293. The van der Waals surface area contributed by atoms with E-state index < -0.39 is 33.2 Å². The molecule has 11 nitrogen and oxygen atoms in total. The maximum atomic E-state index is 13.1. The molecule has 0 amide bonds. The number of nitrogens with one attached hydrogen (secondary N) is 3. The highest BCUT2D eigenvalue weighted by Gasteiger charge is 2.23. The molecule has 3 rings (SSSR count). The van der Waals surface area contributed by atoms with Crippen LogP contribution in [0.4, 0.5) is 17.2 Å². The van der Waals surface area contributed by atoms with Crippen LogP contribution >= 0.6 is 34.8 Å². The Labute approximate surface area is 206 Å². The summed E-state index contributed by atoms with van der Waals surface area (Å²) in [4.78, 5) is 36.0. The number of rotatable bonds is 8. The van der Waals surface area contributed by atoms with Gasteiger partial charge in [0.1, 0.15) is 5.69 Å². The zero-order chi connectivity index (χ0) is 25.4. The van der Waals surface area contributed by atoms with Gasteiger partial charge in [0.25, 0.3) is 5.56 Å². The quantitative estimate of drug-likeness (QED) is 0.280. The van der Waals surface area contributed by atoms with E-state index in [4.69, 9.17) is 34.8 Å². The Hall–Kier alpha value is -3.19. The lowest BCUT2D eigenvalue weighted by molar-refractivity contribution is 0.0696. The van der Waals surface area contributed by atoms with Crippen molar-refractivity contribution in [3.8, 4) is 5.69 Å². The number of carboxylic acid groups (broad SMARTS) is 2. The van der Waals surface area contributed by atoms with E-state index in [1.54, 1.807) is 0 Å². The Kier molecular flexibility index (Phi) is 7.17. The van der Waals surface area contributed by atoms with Crippen molar-refractivity contribution in [2.45, 2.75) is 6.92 Å². The first-order valence-electron chi connectivity index (χ1n) is 9.22. The van der Waals surface area contributed by atoms with Crippen molar-refractivity contribution < 1.29 is 28.2 Å². The average Bonchev–Trinajstić information content (AvgIpc) is 3.01. The molecule has 2 aromatic carbocycles. The third kappa shape index (κ3) is 5.30. The van der Waals surface area contributed by atoms with Crippen LogP contribution in [-0.4, -0.2) is 46.1 Å². The number of anilines is 3. The molecule has 0 unspecified atom stereocenters. The zero-order valence-electron chi connectivity index (χ0n) is 17.0. The minimum atomic E-state index is -3.95. The molecular formula is C19H15Cl3N4O7S. The van der Waals surface area contributed by atoms with Gasteiger partial charge in [0.15, 0.2) is 11.5 Å². The smallest absolute Gasteiger partial charge is 0.335 e. The van der Waals surface area contributed by atoms with Gasteiger partial charge in [0.05, 0.1) is 26.9 Å². The number of carbonyl (C=O) groups is 2. The highest BCUT2D eigenvalue weighted by atomic mass is 35.5. The fourth-order valence-electron chi connectivity index (χ4n) is 2.85. The van der Waals surface area contributed by atoms with E-state index in [2.05, 4.69) is 15.1 Å². The first kappa shape index (κ1) is 25.4. The molecule has 0 aliphatic rings. The molecule has 0 aliphatic heterocycles. The van der Waals surface area contributed by atoms with Crippen LogP contribution in [0, 0.1) is 0 Å². The summed E-state index contributed by atoms with van der Waals surface area (Å²) in [6.45, 7) is 1.35. The van der Waals surface area contributed by atoms with Crippen LogP contribution in [0.1, 0.15) is 27.6 Å². The number of nitrogens with zero attached hydrogens (tertiary/aromatic N) is 1. The van der Waals surface area contributed by atoms with Gasteiger partial charge in [0.2, 0.25) is 10.0 Å². The zero-order valence-corrected chi connectivity index (χ0v) is 20.1. The SMILES string of the molecule is CCS(=O)(=O)Nc1c(Nc2cc(C(=O)O)cc(C(=O)O)c2)[nH]n(-c2c(Cl)cc(Cl)cc2Cl)c1=O. The number of H-pyrrole nitrogens is 1. The molecule has 1 aromatic heterocycles. The molecule has 1 heterocycles. The molecule has 0 saturated carbocycles. The molecule has 0 radical (unpaired) electrons. The van der Waals surface area contributed by atoms with Gasteiger partial charge in [-0.05, 0) is 37.3 Å². The second-order valence-electron chi connectivity index (χ2n) is 6.76. The Morgan fingerprint density at radius 2 is 1.53 bits per heavy atom. The fourth-order valence-corrected chi connectivity index (χ4v) is 4.48. The number of benzene rings is 2. The maximum absolute atomic E-state index is 13.1. The van der Waals surface area contributed by atoms with Crippen LogP contribution in [0.25, 0.3) is 5.69 Å². The van der Waals surface area contributed by atoms with Gasteiger partial charge in [-0.2, -0.15) is 0 Å². The molecular weight excluding hydrogens is 535 g/mol. The lowest BCUT2D eigenvalue weighted by Crippen LogP contribution is -2.22. The van der Waals surface area contributed by atoms with E-state index in [1.807, 2.05) is 0 Å².